The normalized spacial score (nSPS) is 42.2. The molecule has 0 amide bonds. The number of carboxylic acids is 2. The molecule has 2 unspecified atom stereocenters. The van der Waals surface area contributed by atoms with Crippen LogP contribution in [-0.4, -0.2) is 22.2 Å². The molecule has 0 heterocycles. The van der Waals surface area contributed by atoms with Crippen LogP contribution in [0, 0.1) is 23.7 Å². The predicted octanol–water partition coefficient (Wildman–Crippen LogP) is 0.818. The third-order valence-electron chi connectivity index (χ3n) is 3.49. The van der Waals surface area contributed by atoms with Crippen molar-refractivity contribution in [2.75, 3.05) is 0 Å². The molecule has 2 fully saturated rings. The summed E-state index contributed by atoms with van der Waals surface area (Å²) >= 11 is 0. The Bertz CT molecular complexity index is 234. The van der Waals surface area contributed by atoms with Gasteiger partial charge in [-0.05, 0) is 31.1 Å². The van der Waals surface area contributed by atoms with E-state index in [0.717, 1.165) is 19.3 Å². The van der Waals surface area contributed by atoms with Crippen LogP contribution in [0.5, 0.6) is 0 Å². The molecule has 2 aliphatic carbocycles. The van der Waals surface area contributed by atoms with Gasteiger partial charge in [0.05, 0.1) is 11.8 Å². The minimum absolute atomic E-state index is 0.114. The molecular formula is C9H12O4. The van der Waals surface area contributed by atoms with Crippen molar-refractivity contribution < 1.29 is 19.8 Å². The number of carbonyl (C=O) groups is 2. The molecule has 0 radical (unpaired) electrons. The number of hydrogen-bond donors (Lipinski definition) is 2. The maximum atomic E-state index is 10.8. The summed E-state index contributed by atoms with van der Waals surface area (Å²) in [6.07, 6.45) is 2.59. The first-order valence-corrected chi connectivity index (χ1v) is 4.57. The fraction of sp³-hybridized carbons (Fsp3) is 0.778. The lowest BCUT2D eigenvalue weighted by Crippen LogP contribution is -2.34. The van der Waals surface area contributed by atoms with E-state index < -0.39 is 23.8 Å². The zero-order chi connectivity index (χ0) is 9.59. The molecule has 0 aromatic rings. The standard InChI is InChI=1S/C9H12O4/c10-8(11)6-4-1-2-5(3-4)7(6)9(12)13/h4-7H,1-3H2,(H,10,11)(H,12,13)/t4?,5?,6-,7-/m1/s1. The summed E-state index contributed by atoms with van der Waals surface area (Å²) in [6, 6.07) is 0. The zero-order valence-electron chi connectivity index (χ0n) is 7.14. The molecule has 72 valence electrons. The molecule has 0 aromatic carbocycles. The Labute approximate surface area is 75.6 Å². The molecule has 2 rings (SSSR count). The van der Waals surface area contributed by atoms with E-state index in [4.69, 9.17) is 10.2 Å². The van der Waals surface area contributed by atoms with Gasteiger partial charge in [0.1, 0.15) is 0 Å². The Kier molecular flexibility index (Phi) is 1.78. The van der Waals surface area contributed by atoms with Crippen LogP contribution in [0.4, 0.5) is 0 Å². The van der Waals surface area contributed by atoms with Crippen molar-refractivity contribution in [2.24, 2.45) is 23.7 Å². The van der Waals surface area contributed by atoms with Gasteiger partial charge in [-0.1, -0.05) is 0 Å². The van der Waals surface area contributed by atoms with E-state index in [1.54, 1.807) is 0 Å². The molecule has 4 atom stereocenters. The molecule has 2 N–H and O–H groups in total. The Balaban J connectivity index is 2.24. The summed E-state index contributed by atoms with van der Waals surface area (Å²) in [5.41, 5.74) is 0. The second-order valence-corrected chi connectivity index (χ2v) is 4.06. The van der Waals surface area contributed by atoms with E-state index in [9.17, 15) is 9.59 Å². The fourth-order valence-corrected chi connectivity index (χ4v) is 3.00. The van der Waals surface area contributed by atoms with E-state index in [1.807, 2.05) is 0 Å². The van der Waals surface area contributed by atoms with Gasteiger partial charge < -0.3 is 10.2 Å². The minimum Gasteiger partial charge on any atom is -0.481 e. The van der Waals surface area contributed by atoms with Gasteiger partial charge in [-0.15, -0.1) is 0 Å². The summed E-state index contributed by atoms with van der Waals surface area (Å²) < 4.78 is 0. The van der Waals surface area contributed by atoms with Crippen LogP contribution < -0.4 is 0 Å². The van der Waals surface area contributed by atoms with Gasteiger partial charge in [-0.25, -0.2) is 0 Å². The van der Waals surface area contributed by atoms with E-state index in [0.29, 0.717) is 0 Å². The lowest BCUT2D eigenvalue weighted by Gasteiger charge is -2.24. The van der Waals surface area contributed by atoms with E-state index in [1.165, 1.54) is 0 Å². The predicted molar refractivity (Wildman–Crippen MR) is 43.1 cm³/mol. The molecule has 2 aliphatic rings. The fourth-order valence-electron chi connectivity index (χ4n) is 3.00. The lowest BCUT2D eigenvalue weighted by atomic mass is 9.79. The Morgan fingerprint density at radius 1 is 0.923 bits per heavy atom. The highest BCUT2D eigenvalue weighted by molar-refractivity contribution is 5.81. The maximum absolute atomic E-state index is 10.8. The highest BCUT2D eigenvalue weighted by atomic mass is 16.4. The van der Waals surface area contributed by atoms with Crippen molar-refractivity contribution in [2.45, 2.75) is 19.3 Å². The quantitative estimate of drug-likeness (QED) is 0.666. The molecule has 13 heavy (non-hydrogen) atoms. The largest absolute Gasteiger partial charge is 0.481 e. The molecule has 2 bridgehead atoms. The number of carboxylic acid groups (broad SMARTS) is 2. The van der Waals surface area contributed by atoms with Gasteiger partial charge in [0.15, 0.2) is 0 Å². The second kappa shape index (κ2) is 2.72. The Hall–Kier alpha value is -1.06. The van der Waals surface area contributed by atoms with Gasteiger partial charge in [0.2, 0.25) is 0 Å². The molecule has 0 spiro atoms. The summed E-state index contributed by atoms with van der Waals surface area (Å²) in [5, 5.41) is 17.8. The first-order chi connectivity index (χ1) is 6.11. The van der Waals surface area contributed by atoms with Crippen LogP contribution >= 0.6 is 0 Å². The smallest absolute Gasteiger partial charge is 0.307 e. The number of fused-ring (bicyclic) bond motifs is 2. The SMILES string of the molecule is O=C(O)[C@@H]1C2CCC(C2)[C@H]1C(=O)O. The van der Waals surface area contributed by atoms with Crippen molar-refractivity contribution >= 4 is 11.9 Å². The number of hydrogen-bond acceptors (Lipinski definition) is 2. The van der Waals surface area contributed by atoms with Crippen molar-refractivity contribution in [1.29, 1.82) is 0 Å². The maximum Gasteiger partial charge on any atom is 0.307 e. The third-order valence-corrected chi connectivity index (χ3v) is 3.49. The molecule has 4 heteroatoms. The van der Waals surface area contributed by atoms with Crippen molar-refractivity contribution in [1.82, 2.24) is 0 Å². The highest BCUT2D eigenvalue weighted by Gasteiger charge is 2.54. The van der Waals surface area contributed by atoms with Crippen LogP contribution in [0.1, 0.15) is 19.3 Å². The van der Waals surface area contributed by atoms with Crippen LogP contribution in [0.15, 0.2) is 0 Å². The second-order valence-electron chi connectivity index (χ2n) is 4.06. The Morgan fingerprint density at radius 3 is 1.62 bits per heavy atom. The number of aliphatic carboxylic acids is 2. The molecule has 4 nitrogen and oxygen atoms in total. The van der Waals surface area contributed by atoms with E-state index in [-0.39, 0.29) is 11.8 Å². The van der Waals surface area contributed by atoms with E-state index >= 15 is 0 Å². The minimum atomic E-state index is -0.931. The average Bonchev–Trinajstić information content (AvgIpc) is 2.60. The monoisotopic (exact) mass is 184 g/mol. The van der Waals surface area contributed by atoms with Crippen LogP contribution in [0.3, 0.4) is 0 Å². The lowest BCUT2D eigenvalue weighted by molar-refractivity contribution is -0.156. The first kappa shape index (κ1) is 8.53. The average molecular weight is 184 g/mol. The summed E-state index contributed by atoms with van der Waals surface area (Å²) in [4.78, 5) is 21.7. The van der Waals surface area contributed by atoms with Gasteiger partial charge in [0.25, 0.3) is 0 Å². The van der Waals surface area contributed by atoms with Gasteiger partial charge in [-0.3, -0.25) is 9.59 Å². The molecule has 0 saturated heterocycles. The Morgan fingerprint density at radius 2 is 1.31 bits per heavy atom. The topological polar surface area (TPSA) is 74.6 Å². The highest BCUT2D eigenvalue weighted by Crippen LogP contribution is 2.52. The zero-order valence-corrected chi connectivity index (χ0v) is 7.14. The number of rotatable bonds is 2. The van der Waals surface area contributed by atoms with Crippen LogP contribution in [0.2, 0.25) is 0 Å². The van der Waals surface area contributed by atoms with Gasteiger partial charge in [0, 0.05) is 0 Å². The van der Waals surface area contributed by atoms with Crippen molar-refractivity contribution in [3.8, 4) is 0 Å². The molecule has 2 saturated carbocycles. The van der Waals surface area contributed by atoms with Gasteiger partial charge >= 0.3 is 11.9 Å². The molecular weight excluding hydrogens is 172 g/mol. The van der Waals surface area contributed by atoms with Gasteiger partial charge in [-0.2, -0.15) is 0 Å². The van der Waals surface area contributed by atoms with Crippen molar-refractivity contribution in [3.05, 3.63) is 0 Å². The van der Waals surface area contributed by atoms with E-state index in [2.05, 4.69) is 0 Å². The first-order valence-electron chi connectivity index (χ1n) is 4.57. The molecule has 0 aliphatic heterocycles. The summed E-state index contributed by atoms with van der Waals surface area (Å²) in [7, 11) is 0. The van der Waals surface area contributed by atoms with Crippen molar-refractivity contribution in [3.63, 3.8) is 0 Å². The molecule has 0 aromatic heterocycles. The van der Waals surface area contributed by atoms with Crippen LogP contribution in [0.25, 0.3) is 0 Å². The summed E-state index contributed by atoms with van der Waals surface area (Å²) in [6.45, 7) is 0. The van der Waals surface area contributed by atoms with Crippen LogP contribution in [-0.2, 0) is 9.59 Å². The summed E-state index contributed by atoms with van der Waals surface area (Å²) in [5.74, 6) is -2.89. The third kappa shape index (κ3) is 1.12.